The van der Waals surface area contributed by atoms with E-state index in [1.54, 1.807) is 18.2 Å². The van der Waals surface area contributed by atoms with Gasteiger partial charge in [0.05, 0.1) is 6.10 Å². The maximum absolute atomic E-state index is 13.6. The fourth-order valence-electron chi connectivity index (χ4n) is 2.73. The van der Waals surface area contributed by atoms with E-state index in [9.17, 15) is 9.50 Å². The van der Waals surface area contributed by atoms with Gasteiger partial charge in [-0.25, -0.2) is 4.39 Å². The summed E-state index contributed by atoms with van der Waals surface area (Å²) in [7, 11) is 0. The SMILES string of the molecule is CSC1CCCCC1NCC(O)c1ccccc1F. The first-order chi connectivity index (χ1) is 9.22. The molecule has 1 aromatic rings. The van der Waals surface area contributed by atoms with Crippen molar-refractivity contribution in [1.29, 1.82) is 0 Å². The molecule has 2 nitrogen and oxygen atoms in total. The van der Waals surface area contributed by atoms with E-state index in [-0.39, 0.29) is 5.82 Å². The third kappa shape index (κ3) is 3.94. The van der Waals surface area contributed by atoms with Crippen LogP contribution in [0.25, 0.3) is 0 Å². The molecule has 1 fully saturated rings. The van der Waals surface area contributed by atoms with Gasteiger partial charge in [0.1, 0.15) is 5.82 Å². The summed E-state index contributed by atoms with van der Waals surface area (Å²) in [6, 6.07) is 6.88. The van der Waals surface area contributed by atoms with Crippen molar-refractivity contribution >= 4 is 11.8 Å². The lowest BCUT2D eigenvalue weighted by Gasteiger charge is -2.31. The monoisotopic (exact) mass is 283 g/mol. The Morgan fingerprint density at radius 2 is 2.11 bits per heavy atom. The molecule has 3 unspecified atom stereocenters. The summed E-state index contributed by atoms with van der Waals surface area (Å²) in [4.78, 5) is 0. The van der Waals surface area contributed by atoms with Crippen molar-refractivity contribution in [1.82, 2.24) is 5.32 Å². The van der Waals surface area contributed by atoms with E-state index >= 15 is 0 Å². The molecule has 0 aromatic heterocycles. The molecule has 0 heterocycles. The van der Waals surface area contributed by atoms with Crippen molar-refractivity contribution in [3.05, 3.63) is 35.6 Å². The van der Waals surface area contributed by atoms with Gasteiger partial charge in [-0.1, -0.05) is 31.0 Å². The zero-order valence-electron chi connectivity index (χ0n) is 11.3. The first-order valence-electron chi connectivity index (χ1n) is 6.91. The van der Waals surface area contributed by atoms with E-state index in [0.29, 0.717) is 23.4 Å². The fraction of sp³-hybridized carbons (Fsp3) is 0.600. The number of rotatable bonds is 5. The Morgan fingerprint density at radius 3 is 2.84 bits per heavy atom. The molecule has 0 aliphatic heterocycles. The van der Waals surface area contributed by atoms with Crippen LogP contribution in [0.3, 0.4) is 0 Å². The molecule has 1 saturated carbocycles. The van der Waals surface area contributed by atoms with Crippen molar-refractivity contribution in [3.8, 4) is 0 Å². The Labute approximate surface area is 118 Å². The van der Waals surface area contributed by atoms with Gasteiger partial charge in [-0.15, -0.1) is 0 Å². The standard InChI is InChI=1S/C15H22FNOS/c1-19-15-9-5-4-8-13(15)17-10-14(18)11-6-2-3-7-12(11)16/h2-3,6-7,13-15,17-18H,4-5,8-10H2,1H3. The minimum absolute atomic E-state index is 0.332. The van der Waals surface area contributed by atoms with Crippen molar-refractivity contribution in [3.63, 3.8) is 0 Å². The molecule has 1 aliphatic carbocycles. The topological polar surface area (TPSA) is 32.3 Å². The molecule has 1 aliphatic rings. The van der Waals surface area contributed by atoms with Crippen LogP contribution in [0.15, 0.2) is 24.3 Å². The summed E-state index contributed by atoms with van der Waals surface area (Å²) < 4.78 is 13.6. The summed E-state index contributed by atoms with van der Waals surface area (Å²) in [5.74, 6) is -0.332. The highest BCUT2D eigenvalue weighted by molar-refractivity contribution is 7.99. The number of aliphatic hydroxyl groups excluding tert-OH is 1. The van der Waals surface area contributed by atoms with Gasteiger partial charge in [0, 0.05) is 23.4 Å². The van der Waals surface area contributed by atoms with Gasteiger partial charge >= 0.3 is 0 Å². The summed E-state index contributed by atoms with van der Waals surface area (Å²) in [5.41, 5.74) is 0.381. The van der Waals surface area contributed by atoms with Gasteiger partial charge < -0.3 is 10.4 Å². The molecule has 4 heteroatoms. The highest BCUT2D eigenvalue weighted by Gasteiger charge is 2.24. The highest BCUT2D eigenvalue weighted by Crippen LogP contribution is 2.27. The Hall–Kier alpha value is -0.580. The summed E-state index contributed by atoms with van der Waals surface area (Å²) in [6.45, 7) is 0.419. The number of nitrogens with one attached hydrogen (secondary N) is 1. The number of benzene rings is 1. The van der Waals surface area contributed by atoms with Crippen molar-refractivity contribution in [2.24, 2.45) is 0 Å². The van der Waals surface area contributed by atoms with Crippen molar-refractivity contribution in [2.75, 3.05) is 12.8 Å². The lowest BCUT2D eigenvalue weighted by atomic mass is 9.94. The molecule has 3 atom stereocenters. The molecule has 0 amide bonds. The molecule has 0 radical (unpaired) electrons. The van der Waals surface area contributed by atoms with Crippen molar-refractivity contribution < 1.29 is 9.50 Å². The Morgan fingerprint density at radius 1 is 1.37 bits per heavy atom. The second kappa shape index (κ2) is 7.27. The molecule has 0 spiro atoms. The van der Waals surface area contributed by atoms with Crippen LogP contribution in [0, 0.1) is 5.82 Å². The maximum Gasteiger partial charge on any atom is 0.129 e. The predicted octanol–water partition coefficient (Wildman–Crippen LogP) is 3.12. The molecule has 0 bridgehead atoms. The number of thioether (sulfide) groups is 1. The van der Waals surface area contributed by atoms with Crippen LogP contribution in [0.1, 0.15) is 37.4 Å². The van der Waals surface area contributed by atoms with E-state index in [4.69, 9.17) is 0 Å². The second-order valence-corrected chi connectivity index (χ2v) is 6.19. The average molecular weight is 283 g/mol. The zero-order valence-corrected chi connectivity index (χ0v) is 12.1. The van der Waals surface area contributed by atoms with Gasteiger partial charge in [0.25, 0.3) is 0 Å². The summed E-state index contributed by atoms with van der Waals surface area (Å²) in [6.07, 6.45) is 6.28. The smallest absolute Gasteiger partial charge is 0.129 e. The lowest BCUT2D eigenvalue weighted by Crippen LogP contribution is -2.42. The van der Waals surface area contributed by atoms with Gasteiger partial charge in [0.2, 0.25) is 0 Å². The lowest BCUT2D eigenvalue weighted by molar-refractivity contribution is 0.162. The summed E-state index contributed by atoms with van der Waals surface area (Å²) in [5, 5.41) is 14.1. The van der Waals surface area contributed by atoms with E-state index in [2.05, 4.69) is 11.6 Å². The first kappa shape index (κ1) is 14.8. The van der Waals surface area contributed by atoms with Crippen LogP contribution in [0.2, 0.25) is 0 Å². The molecule has 2 rings (SSSR count). The molecule has 19 heavy (non-hydrogen) atoms. The largest absolute Gasteiger partial charge is 0.387 e. The van der Waals surface area contributed by atoms with Crippen molar-refractivity contribution in [2.45, 2.75) is 43.1 Å². The normalized spacial score (nSPS) is 25.2. The Bertz CT molecular complexity index is 401. The van der Waals surface area contributed by atoms with Crippen LogP contribution >= 0.6 is 11.8 Å². The average Bonchev–Trinajstić information content (AvgIpc) is 2.45. The molecule has 0 saturated heterocycles. The van der Waals surface area contributed by atoms with Crippen LogP contribution < -0.4 is 5.32 Å². The molecule has 2 N–H and O–H groups in total. The van der Waals surface area contributed by atoms with E-state index < -0.39 is 6.10 Å². The molecular formula is C15H22FNOS. The van der Waals surface area contributed by atoms with Gasteiger partial charge in [-0.2, -0.15) is 11.8 Å². The van der Waals surface area contributed by atoms with Gasteiger partial charge in [-0.3, -0.25) is 0 Å². The predicted molar refractivity (Wildman–Crippen MR) is 78.9 cm³/mol. The second-order valence-electron chi connectivity index (χ2n) is 5.11. The Balaban J connectivity index is 1.89. The van der Waals surface area contributed by atoms with Gasteiger partial charge in [-0.05, 0) is 25.2 Å². The van der Waals surface area contributed by atoms with Gasteiger partial charge in [0.15, 0.2) is 0 Å². The molecule has 106 valence electrons. The maximum atomic E-state index is 13.6. The molecular weight excluding hydrogens is 261 g/mol. The van der Waals surface area contributed by atoms with E-state index in [0.717, 1.165) is 6.42 Å². The quantitative estimate of drug-likeness (QED) is 0.871. The number of halogens is 1. The fourth-order valence-corrected chi connectivity index (χ4v) is 3.69. The van der Waals surface area contributed by atoms with E-state index in [1.165, 1.54) is 25.3 Å². The van der Waals surface area contributed by atoms with Crippen LogP contribution in [-0.4, -0.2) is 29.2 Å². The Kier molecular flexibility index (Phi) is 5.67. The van der Waals surface area contributed by atoms with Crippen LogP contribution in [0.4, 0.5) is 4.39 Å². The zero-order chi connectivity index (χ0) is 13.7. The van der Waals surface area contributed by atoms with Crippen LogP contribution in [0.5, 0.6) is 0 Å². The summed E-state index contributed by atoms with van der Waals surface area (Å²) >= 11 is 1.89. The number of aliphatic hydroxyl groups is 1. The highest BCUT2D eigenvalue weighted by atomic mass is 32.2. The minimum atomic E-state index is -0.773. The number of hydrogen-bond acceptors (Lipinski definition) is 3. The molecule has 1 aromatic carbocycles. The minimum Gasteiger partial charge on any atom is -0.387 e. The number of hydrogen-bond donors (Lipinski definition) is 2. The van der Waals surface area contributed by atoms with E-state index in [1.807, 2.05) is 11.8 Å². The first-order valence-corrected chi connectivity index (χ1v) is 8.20. The third-order valence-corrected chi connectivity index (χ3v) is 5.01. The third-order valence-electron chi connectivity index (χ3n) is 3.84. The van der Waals surface area contributed by atoms with Crippen LogP contribution in [-0.2, 0) is 0 Å².